The van der Waals surface area contributed by atoms with Gasteiger partial charge in [-0.25, -0.2) is 9.18 Å². The largest absolute Gasteiger partial charge is 0.444 e. The summed E-state index contributed by atoms with van der Waals surface area (Å²) in [7, 11) is 0. The van der Waals surface area contributed by atoms with E-state index in [1.165, 1.54) is 6.07 Å². The molecule has 2 saturated heterocycles. The number of halogens is 4. The Labute approximate surface area is 185 Å². The molecule has 0 saturated carbocycles. The molecule has 0 aliphatic carbocycles. The van der Waals surface area contributed by atoms with Gasteiger partial charge < -0.3 is 14.4 Å². The number of hydrogen-bond donors (Lipinski definition) is 0. The third kappa shape index (κ3) is 3.92. The molecule has 0 radical (unpaired) electrons. The van der Waals surface area contributed by atoms with Gasteiger partial charge in [-0.3, -0.25) is 4.90 Å². The number of rotatable bonds is 1. The Morgan fingerprint density at radius 1 is 1.27 bits per heavy atom. The Morgan fingerprint density at radius 2 is 1.90 bits per heavy atom. The number of benzene rings is 1. The fraction of sp³-hybridized carbons (Fsp3) is 0.526. The third-order valence-electron chi connectivity index (χ3n) is 4.95. The van der Waals surface area contributed by atoms with Crippen LogP contribution in [0.5, 0.6) is 0 Å². The number of ether oxygens (including phenoxy) is 2. The lowest BCUT2D eigenvalue weighted by Crippen LogP contribution is -2.66. The van der Waals surface area contributed by atoms with Crippen molar-refractivity contribution in [2.24, 2.45) is 0 Å². The van der Waals surface area contributed by atoms with Gasteiger partial charge in [-0.05, 0) is 42.8 Å². The molecular formula is C19H20BrClF2N4O3. The number of carbonyl (C=O) groups excluding carboxylic acids is 1. The number of anilines is 1. The molecule has 2 aromatic rings. The molecule has 2 fully saturated rings. The second-order valence-corrected chi connectivity index (χ2v) is 9.54. The predicted molar refractivity (Wildman–Crippen MR) is 111 cm³/mol. The van der Waals surface area contributed by atoms with Crippen molar-refractivity contribution in [1.29, 1.82) is 0 Å². The molecule has 2 unspecified atom stereocenters. The first-order valence-electron chi connectivity index (χ1n) is 9.40. The van der Waals surface area contributed by atoms with Crippen molar-refractivity contribution in [2.75, 3.05) is 31.2 Å². The van der Waals surface area contributed by atoms with Crippen LogP contribution in [0.3, 0.4) is 0 Å². The zero-order valence-electron chi connectivity index (χ0n) is 16.6. The second-order valence-electron chi connectivity index (χ2n) is 8.34. The highest BCUT2D eigenvalue weighted by Crippen LogP contribution is 2.36. The molecule has 4 rings (SSSR count). The monoisotopic (exact) mass is 504 g/mol. The van der Waals surface area contributed by atoms with E-state index in [0.29, 0.717) is 31.7 Å². The van der Waals surface area contributed by atoms with Gasteiger partial charge in [0.05, 0.1) is 34.8 Å². The van der Waals surface area contributed by atoms with E-state index in [2.05, 4.69) is 25.9 Å². The van der Waals surface area contributed by atoms with Crippen LogP contribution in [0, 0.1) is 11.9 Å². The fourth-order valence-corrected chi connectivity index (χ4v) is 4.31. The van der Waals surface area contributed by atoms with Crippen molar-refractivity contribution in [1.82, 2.24) is 14.9 Å². The van der Waals surface area contributed by atoms with Crippen LogP contribution in [-0.2, 0) is 9.47 Å². The minimum Gasteiger partial charge on any atom is -0.444 e. The van der Waals surface area contributed by atoms with E-state index < -0.39 is 23.6 Å². The number of aromatic nitrogens is 2. The van der Waals surface area contributed by atoms with E-state index in [1.807, 2.05) is 4.90 Å². The number of amides is 1. The van der Waals surface area contributed by atoms with Gasteiger partial charge in [0.25, 0.3) is 0 Å². The van der Waals surface area contributed by atoms with Gasteiger partial charge in [0, 0.05) is 18.5 Å². The van der Waals surface area contributed by atoms with Gasteiger partial charge >= 0.3 is 12.2 Å². The number of morpholine rings is 1. The summed E-state index contributed by atoms with van der Waals surface area (Å²) >= 11 is 9.18. The van der Waals surface area contributed by atoms with Crippen molar-refractivity contribution in [3.05, 3.63) is 27.5 Å². The molecule has 2 aliphatic rings. The highest BCUT2D eigenvalue weighted by atomic mass is 79.9. The quantitative estimate of drug-likeness (QED) is 0.429. The average Bonchev–Trinajstić information content (AvgIpc) is 2.64. The highest BCUT2D eigenvalue weighted by Gasteiger charge is 2.43. The summed E-state index contributed by atoms with van der Waals surface area (Å²) in [6, 6.07) is 0.859. The van der Waals surface area contributed by atoms with E-state index >= 15 is 0 Å². The van der Waals surface area contributed by atoms with Crippen molar-refractivity contribution >= 4 is 50.3 Å². The number of piperazine rings is 1. The van der Waals surface area contributed by atoms with Crippen molar-refractivity contribution < 1.29 is 23.0 Å². The Morgan fingerprint density at radius 3 is 2.50 bits per heavy atom. The van der Waals surface area contributed by atoms with Crippen molar-refractivity contribution in [2.45, 2.75) is 38.5 Å². The lowest BCUT2D eigenvalue weighted by atomic mass is 10.0. The second kappa shape index (κ2) is 7.72. The van der Waals surface area contributed by atoms with E-state index in [-0.39, 0.29) is 32.9 Å². The summed E-state index contributed by atoms with van der Waals surface area (Å²) in [6.07, 6.45) is -1.46. The van der Waals surface area contributed by atoms with Crippen LogP contribution in [0.15, 0.2) is 10.5 Å². The lowest BCUT2D eigenvalue weighted by molar-refractivity contribution is -0.0665. The van der Waals surface area contributed by atoms with E-state index in [4.69, 9.17) is 21.1 Å². The van der Waals surface area contributed by atoms with Crippen LogP contribution in [0.2, 0.25) is 5.02 Å². The van der Waals surface area contributed by atoms with E-state index in [1.54, 1.807) is 25.7 Å². The summed E-state index contributed by atoms with van der Waals surface area (Å²) in [5.41, 5.74) is -0.790. The Balaban J connectivity index is 1.71. The molecule has 7 nitrogen and oxygen atoms in total. The highest BCUT2D eigenvalue weighted by molar-refractivity contribution is 9.10. The van der Waals surface area contributed by atoms with Gasteiger partial charge in [-0.15, -0.1) is 0 Å². The average molecular weight is 506 g/mol. The number of nitrogens with zero attached hydrogens (tertiary/aromatic N) is 4. The maximum Gasteiger partial charge on any atom is 0.411 e. The molecule has 1 amide bonds. The van der Waals surface area contributed by atoms with E-state index in [9.17, 15) is 13.6 Å². The fourth-order valence-electron chi connectivity index (χ4n) is 3.82. The molecule has 3 heterocycles. The minimum atomic E-state index is -1.04. The molecule has 1 aromatic carbocycles. The smallest absolute Gasteiger partial charge is 0.411 e. The predicted octanol–water partition coefficient (Wildman–Crippen LogP) is 4.15. The molecule has 162 valence electrons. The maximum absolute atomic E-state index is 14.6. The van der Waals surface area contributed by atoms with Gasteiger partial charge in [-0.1, -0.05) is 11.6 Å². The first-order valence-corrected chi connectivity index (χ1v) is 10.6. The Hall–Kier alpha value is -1.78. The van der Waals surface area contributed by atoms with Crippen LogP contribution in [0.1, 0.15) is 20.8 Å². The van der Waals surface area contributed by atoms with Gasteiger partial charge in [0.15, 0.2) is 5.82 Å². The summed E-state index contributed by atoms with van der Waals surface area (Å²) in [4.78, 5) is 23.8. The van der Waals surface area contributed by atoms with Gasteiger partial charge in [0.1, 0.15) is 16.9 Å². The van der Waals surface area contributed by atoms with Gasteiger partial charge in [-0.2, -0.15) is 14.4 Å². The number of carbonyl (C=O) groups is 1. The van der Waals surface area contributed by atoms with Crippen LogP contribution in [0.25, 0.3) is 10.9 Å². The van der Waals surface area contributed by atoms with Crippen LogP contribution >= 0.6 is 27.5 Å². The first-order chi connectivity index (χ1) is 14.0. The molecule has 1 aromatic heterocycles. The molecule has 2 aliphatic heterocycles. The standard InChI is InChI=1S/C19H20BrClF2N4O3/c1-19(2,3)30-18(28)27-9-5-26(6-10(27)8-29-7-9)16-11-4-12(21)13(20)14(22)15(11)24-17(23)25-16/h4,9-10H,5-8H2,1-3H3. The maximum atomic E-state index is 14.6. The minimum absolute atomic E-state index is 0.0146. The topological polar surface area (TPSA) is 67.8 Å². The summed E-state index contributed by atoms with van der Waals surface area (Å²) < 4.78 is 40.0. The van der Waals surface area contributed by atoms with Gasteiger partial charge in [0.2, 0.25) is 0 Å². The lowest BCUT2D eigenvalue weighted by Gasteiger charge is -2.49. The molecule has 0 spiro atoms. The van der Waals surface area contributed by atoms with Crippen LogP contribution in [-0.4, -0.2) is 64.9 Å². The molecule has 2 bridgehead atoms. The third-order valence-corrected chi connectivity index (χ3v) is 6.25. The Bertz CT molecular complexity index is 1010. The first kappa shape index (κ1) is 21.5. The van der Waals surface area contributed by atoms with Crippen molar-refractivity contribution in [3.63, 3.8) is 0 Å². The van der Waals surface area contributed by atoms with Crippen LogP contribution in [0.4, 0.5) is 19.4 Å². The van der Waals surface area contributed by atoms with E-state index in [0.717, 1.165) is 0 Å². The van der Waals surface area contributed by atoms with Crippen molar-refractivity contribution in [3.8, 4) is 0 Å². The molecular weight excluding hydrogens is 486 g/mol. The SMILES string of the molecule is CC(C)(C)OC(=O)N1C2COCC1CN(c1nc(F)nc3c(F)c(Br)c(Cl)cc13)C2. The molecule has 0 N–H and O–H groups in total. The molecule has 11 heteroatoms. The zero-order valence-corrected chi connectivity index (χ0v) is 18.9. The number of hydrogen-bond acceptors (Lipinski definition) is 6. The van der Waals surface area contributed by atoms with Crippen LogP contribution < -0.4 is 4.90 Å². The Kier molecular flexibility index (Phi) is 5.52. The normalized spacial score (nSPS) is 21.8. The summed E-state index contributed by atoms with van der Waals surface area (Å²) in [6.45, 7) is 6.66. The summed E-state index contributed by atoms with van der Waals surface area (Å²) in [5, 5.41) is 0.430. The number of fused-ring (bicyclic) bond motifs is 3. The summed E-state index contributed by atoms with van der Waals surface area (Å²) in [5.74, 6) is -0.525. The zero-order chi connectivity index (χ0) is 21.8. The molecule has 30 heavy (non-hydrogen) atoms. The molecule has 2 atom stereocenters.